The van der Waals surface area contributed by atoms with Gasteiger partial charge < -0.3 is 10.4 Å². The third kappa shape index (κ3) is 4.26. The van der Waals surface area contributed by atoms with Gasteiger partial charge in [-0.2, -0.15) is 0 Å². The Labute approximate surface area is 128 Å². The number of carboxylic acid groups (broad SMARTS) is 1. The molecule has 1 aliphatic heterocycles. The summed E-state index contributed by atoms with van der Waals surface area (Å²) in [6.45, 7) is 1.60. The fourth-order valence-corrected chi connectivity index (χ4v) is 5.12. The molecule has 2 fully saturated rings. The lowest BCUT2D eigenvalue weighted by Crippen LogP contribution is -2.53. The van der Waals surface area contributed by atoms with Crippen LogP contribution in [0.25, 0.3) is 0 Å². The van der Waals surface area contributed by atoms with Gasteiger partial charge in [-0.1, -0.05) is 0 Å². The average Bonchev–Trinajstić information content (AvgIpc) is 3.04. The number of aliphatic carboxylic acids is 1. The molecule has 0 spiro atoms. The van der Waals surface area contributed by atoms with Crippen LogP contribution in [0.1, 0.15) is 19.8 Å². The number of carbonyl (C=O) groups is 2. The summed E-state index contributed by atoms with van der Waals surface area (Å²) in [4.78, 5) is 25.0. The topological polar surface area (TPSA) is 104 Å². The smallest absolute Gasteiger partial charge is 0.327 e. The Morgan fingerprint density at radius 2 is 2.05 bits per heavy atom. The zero-order valence-electron chi connectivity index (χ0n) is 12.0. The number of nitrogens with one attached hydrogen (secondary N) is 1. The summed E-state index contributed by atoms with van der Waals surface area (Å²) in [5, 5.41) is 11.7. The number of hydrogen-bond donors (Lipinski definition) is 2. The van der Waals surface area contributed by atoms with Gasteiger partial charge in [-0.25, -0.2) is 18.0 Å². The van der Waals surface area contributed by atoms with Crippen molar-refractivity contribution in [1.29, 1.82) is 0 Å². The van der Waals surface area contributed by atoms with E-state index in [1.54, 1.807) is 6.92 Å². The minimum atomic E-state index is -3.19. The summed E-state index contributed by atoms with van der Waals surface area (Å²) in [5.74, 6) is -0.442. The molecular formula is C12H20N2O5S2. The van der Waals surface area contributed by atoms with E-state index < -0.39 is 33.9 Å². The van der Waals surface area contributed by atoms with Crippen molar-refractivity contribution >= 4 is 33.6 Å². The van der Waals surface area contributed by atoms with E-state index >= 15 is 0 Å². The first-order valence-electron chi connectivity index (χ1n) is 6.80. The Balaban J connectivity index is 2.04. The summed E-state index contributed by atoms with van der Waals surface area (Å²) in [6, 6.07) is -1.88. The van der Waals surface area contributed by atoms with Crippen molar-refractivity contribution in [3.05, 3.63) is 0 Å². The molecule has 2 aliphatic rings. The minimum Gasteiger partial charge on any atom is -0.480 e. The van der Waals surface area contributed by atoms with Gasteiger partial charge in [-0.3, -0.25) is 4.90 Å². The molecule has 9 heteroatoms. The van der Waals surface area contributed by atoms with Gasteiger partial charge in [0, 0.05) is 18.1 Å². The average molecular weight is 336 g/mol. The summed E-state index contributed by atoms with van der Waals surface area (Å²) in [5.41, 5.74) is 0. The first-order chi connectivity index (χ1) is 9.69. The molecule has 0 radical (unpaired) electrons. The van der Waals surface area contributed by atoms with Crippen molar-refractivity contribution in [3.8, 4) is 0 Å². The van der Waals surface area contributed by atoms with E-state index in [1.165, 1.54) is 16.7 Å². The molecule has 2 rings (SSSR count). The van der Waals surface area contributed by atoms with E-state index in [2.05, 4.69) is 5.32 Å². The van der Waals surface area contributed by atoms with E-state index in [9.17, 15) is 23.1 Å². The predicted octanol–water partition coefficient (Wildman–Crippen LogP) is 0.367. The number of amides is 2. The number of urea groups is 1. The Morgan fingerprint density at radius 1 is 1.43 bits per heavy atom. The van der Waals surface area contributed by atoms with Crippen molar-refractivity contribution in [2.75, 3.05) is 17.8 Å². The highest BCUT2D eigenvalue weighted by atomic mass is 32.2. The van der Waals surface area contributed by atoms with Crippen LogP contribution < -0.4 is 5.32 Å². The van der Waals surface area contributed by atoms with Crippen molar-refractivity contribution in [1.82, 2.24) is 10.2 Å². The largest absolute Gasteiger partial charge is 0.480 e. The first kappa shape index (κ1) is 16.4. The van der Waals surface area contributed by atoms with Crippen LogP contribution in [0.5, 0.6) is 0 Å². The third-order valence-electron chi connectivity index (χ3n) is 3.50. The van der Waals surface area contributed by atoms with Crippen molar-refractivity contribution < 1.29 is 23.1 Å². The van der Waals surface area contributed by atoms with Crippen LogP contribution in [0.4, 0.5) is 4.79 Å². The maximum absolute atomic E-state index is 12.3. The van der Waals surface area contributed by atoms with E-state index in [1.807, 2.05) is 0 Å². The fourth-order valence-electron chi connectivity index (χ4n) is 2.50. The second-order valence-corrected chi connectivity index (χ2v) is 9.10. The van der Waals surface area contributed by atoms with Crippen molar-refractivity contribution in [2.24, 2.45) is 5.92 Å². The normalized spacial score (nSPS) is 27.4. The van der Waals surface area contributed by atoms with E-state index in [0.29, 0.717) is 11.7 Å². The Morgan fingerprint density at radius 3 is 2.52 bits per heavy atom. The zero-order valence-corrected chi connectivity index (χ0v) is 13.6. The van der Waals surface area contributed by atoms with Crippen LogP contribution >= 0.6 is 11.8 Å². The maximum atomic E-state index is 12.3. The molecule has 1 saturated carbocycles. The van der Waals surface area contributed by atoms with Crippen LogP contribution in [0.15, 0.2) is 0 Å². The second-order valence-electron chi connectivity index (χ2n) is 5.77. The molecule has 1 heterocycles. The number of rotatable bonds is 5. The van der Waals surface area contributed by atoms with Gasteiger partial charge in [0.1, 0.15) is 15.9 Å². The van der Waals surface area contributed by atoms with E-state index in [0.717, 1.165) is 19.1 Å². The number of thioether (sulfide) groups is 1. The Bertz CT molecular complexity index is 532. The molecule has 3 unspecified atom stereocenters. The molecule has 2 N–H and O–H groups in total. The summed E-state index contributed by atoms with van der Waals surface area (Å²) in [7, 11) is -3.19. The molecule has 1 saturated heterocycles. The molecule has 3 atom stereocenters. The minimum absolute atomic E-state index is 0.114. The molecular weight excluding hydrogens is 316 g/mol. The van der Waals surface area contributed by atoms with E-state index in [-0.39, 0.29) is 11.1 Å². The first-order valence-corrected chi connectivity index (χ1v) is 9.91. The van der Waals surface area contributed by atoms with Gasteiger partial charge in [0.05, 0.1) is 11.1 Å². The molecule has 7 nitrogen and oxygen atoms in total. The molecule has 1 aliphatic carbocycles. The Hall–Kier alpha value is -0.960. The summed E-state index contributed by atoms with van der Waals surface area (Å²) < 4.78 is 22.5. The third-order valence-corrected chi connectivity index (χ3v) is 6.07. The summed E-state index contributed by atoms with van der Waals surface area (Å²) in [6.07, 6.45) is 3.12. The maximum Gasteiger partial charge on any atom is 0.327 e. The predicted molar refractivity (Wildman–Crippen MR) is 79.9 cm³/mol. The molecule has 2 amide bonds. The SMILES string of the molecule is CC(CS(C)(=O)=O)NC(=O)N1C(C(=O)O)CSC1C1CC1. The molecule has 0 aromatic carbocycles. The van der Waals surface area contributed by atoms with E-state index in [4.69, 9.17) is 0 Å². The number of carboxylic acids is 1. The number of hydrogen-bond acceptors (Lipinski definition) is 5. The highest BCUT2D eigenvalue weighted by Crippen LogP contribution is 2.45. The lowest BCUT2D eigenvalue weighted by atomic mass is 10.2. The van der Waals surface area contributed by atoms with Gasteiger partial charge in [0.15, 0.2) is 0 Å². The Kier molecular flexibility index (Phi) is 4.72. The molecule has 0 bridgehead atoms. The van der Waals surface area contributed by atoms with Crippen LogP contribution in [0.3, 0.4) is 0 Å². The van der Waals surface area contributed by atoms with Gasteiger partial charge in [0.25, 0.3) is 0 Å². The molecule has 0 aromatic heterocycles. The van der Waals surface area contributed by atoms with Crippen molar-refractivity contribution in [2.45, 2.75) is 37.2 Å². The van der Waals surface area contributed by atoms with Crippen LogP contribution in [0.2, 0.25) is 0 Å². The van der Waals surface area contributed by atoms with Crippen LogP contribution in [-0.4, -0.2) is 65.6 Å². The van der Waals surface area contributed by atoms with Crippen LogP contribution in [0, 0.1) is 5.92 Å². The standard InChI is InChI=1S/C12H20N2O5S2/c1-7(6-21(2,18)19)13-12(17)14-9(11(15)16)5-20-10(14)8-3-4-8/h7-10H,3-6H2,1-2H3,(H,13,17)(H,15,16). The zero-order chi connectivity index (χ0) is 15.8. The number of carbonyl (C=O) groups excluding carboxylic acids is 1. The highest BCUT2D eigenvalue weighted by Gasteiger charge is 2.48. The van der Waals surface area contributed by atoms with Crippen molar-refractivity contribution in [3.63, 3.8) is 0 Å². The molecule has 120 valence electrons. The fraction of sp³-hybridized carbons (Fsp3) is 0.833. The van der Waals surface area contributed by atoms with Gasteiger partial charge in [-0.05, 0) is 25.7 Å². The van der Waals surface area contributed by atoms with Crippen LogP contribution in [-0.2, 0) is 14.6 Å². The number of nitrogens with zero attached hydrogens (tertiary/aromatic N) is 1. The van der Waals surface area contributed by atoms with Gasteiger partial charge >= 0.3 is 12.0 Å². The summed E-state index contributed by atoms with van der Waals surface area (Å²) >= 11 is 1.49. The lowest BCUT2D eigenvalue weighted by Gasteiger charge is -2.29. The quantitative estimate of drug-likeness (QED) is 0.751. The molecule has 21 heavy (non-hydrogen) atoms. The lowest BCUT2D eigenvalue weighted by molar-refractivity contribution is -0.141. The highest BCUT2D eigenvalue weighted by molar-refractivity contribution is 8.00. The monoisotopic (exact) mass is 336 g/mol. The molecule has 0 aromatic rings. The number of sulfone groups is 1. The second kappa shape index (κ2) is 6.04. The van der Waals surface area contributed by atoms with Gasteiger partial charge in [-0.15, -0.1) is 11.8 Å². The van der Waals surface area contributed by atoms with Gasteiger partial charge in [0.2, 0.25) is 0 Å².